The van der Waals surface area contributed by atoms with Gasteiger partial charge in [-0.25, -0.2) is 0 Å². The highest BCUT2D eigenvalue weighted by molar-refractivity contribution is 5.94. The zero-order valence-corrected chi connectivity index (χ0v) is 13.6. The van der Waals surface area contributed by atoms with Gasteiger partial charge in [-0.2, -0.15) is 10.1 Å². The second-order valence-corrected chi connectivity index (χ2v) is 5.22. The number of nitrogens with one attached hydrogen (secondary N) is 1. The van der Waals surface area contributed by atoms with Gasteiger partial charge in [-0.3, -0.25) is 9.48 Å². The summed E-state index contributed by atoms with van der Waals surface area (Å²) in [4.78, 5) is 16.8. The van der Waals surface area contributed by atoms with Crippen molar-refractivity contribution < 1.29 is 14.1 Å². The fourth-order valence-corrected chi connectivity index (χ4v) is 2.37. The van der Waals surface area contributed by atoms with E-state index in [0.717, 1.165) is 5.56 Å². The smallest absolute Gasteiger partial charge is 0.255 e. The normalized spacial score (nSPS) is 12.0. The van der Waals surface area contributed by atoms with E-state index < -0.39 is 6.04 Å². The molecule has 1 unspecified atom stereocenters. The topological polar surface area (TPSA) is 95.1 Å². The number of aryl methyl sites for hydroxylation is 2. The van der Waals surface area contributed by atoms with E-state index in [9.17, 15) is 4.79 Å². The number of aromatic nitrogens is 4. The zero-order chi connectivity index (χ0) is 17.1. The monoisotopic (exact) mass is 327 g/mol. The summed E-state index contributed by atoms with van der Waals surface area (Å²) in [5, 5.41) is 10.9. The molecule has 0 bridgehead atoms. The van der Waals surface area contributed by atoms with Crippen LogP contribution in [-0.2, 0) is 7.05 Å². The Balaban J connectivity index is 1.98. The largest absolute Gasteiger partial charge is 0.496 e. The van der Waals surface area contributed by atoms with Gasteiger partial charge in [0.05, 0.1) is 18.9 Å². The molecule has 0 aliphatic carbocycles. The number of carbonyl (C=O) groups excluding carboxylic acids is 1. The quantitative estimate of drug-likeness (QED) is 0.765. The predicted octanol–water partition coefficient (Wildman–Crippen LogP) is 1.64. The van der Waals surface area contributed by atoms with Gasteiger partial charge in [0, 0.05) is 25.7 Å². The van der Waals surface area contributed by atoms with E-state index in [4.69, 9.17) is 9.26 Å². The van der Waals surface area contributed by atoms with Gasteiger partial charge in [0.2, 0.25) is 5.89 Å². The van der Waals surface area contributed by atoms with Gasteiger partial charge in [0.25, 0.3) is 5.91 Å². The van der Waals surface area contributed by atoms with Crippen molar-refractivity contribution in [3.05, 3.63) is 59.5 Å². The van der Waals surface area contributed by atoms with Crippen LogP contribution in [0.1, 0.15) is 33.7 Å². The minimum Gasteiger partial charge on any atom is -0.496 e. The van der Waals surface area contributed by atoms with Crippen LogP contribution in [0.3, 0.4) is 0 Å². The summed E-state index contributed by atoms with van der Waals surface area (Å²) in [5.41, 5.74) is 1.18. The molecule has 3 rings (SSSR count). The average Bonchev–Trinajstić information content (AvgIpc) is 3.21. The van der Waals surface area contributed by atoms with Crippen molar-refractivity contribution in [3.63, 3.8) is 0 Å². The standard InChI is InChI=1S/C16H17N5O3/c1-10-18-15(20-24-10)14(12-6-4-5-7-13(12)23-3)19-16(22)11-8-17-21(2)9-11/h4-9,14H,1-3H3,(H,19,22). The maximum absolute atomic E-state index is 12.5. The first-order valence-corrected chi connectivity index (χ1v) is 7.31. The fourth-order valence-electron chi connectivity index (χ4n) is 2.37. The molecule has 0 saturated heterocycles. The first kappa shape index (κ1) is 15.7. The molecule has 0 aliphatic heterocycles. The Kier molecular flexibility index (Phi) is 4.28. The van der Waals surface area contributed by atoms with E-state index in [1.807, 2.05) is 24.3 Å². The van der Waals surface area contributed by atoms with E-state index >= 15 is 0 Å². The molecule has 2 heterocycles. The zero-order valence-electron chi connectivity index (χ0n) is 13.6. The second-order valence-electron chi connectivity index (χ2n) is 5.22. The molecule has 3 aromatic rings. The summed E-state index contributed by atoms with van der Waals surface area (Å²) < 4.78 is 12.0. The van der Waals surface area contributed by atoms with Crippen molar-refractivity contribution in [3.8, 4) is 5.75 Å². The summed E-state index contributed by atoms with van der Waals surface area (Å²) in [6.07, 6.45) is 3.13. The minimum absolute atomic E-state index is 0.290. The third kappa shape index (κ3) is 3.12. The van der Waals surface area contributed by atoms with Crippen LogP contribution < -0.4 is 10.1 Å². The van der Waals surface area contributed by atoms with E-state index in [-0.39, 0.29) is 5.91 Å². The molecule has 8 heteroatoms. The number of methoxy groups -OCH3 is 1. The molecule has 0 fully saturated rings. The van der Waals surface area contributed by atoms with Crippen molar-refractivity contribution >= 4 is 5.91 Å². The lowest BCUT2D eigenvalue weighted by Gasteiger charge is -2.18. The van der Waals surface area contributed by atoms with Gasteiger partial charge in [-0.1, -0.05) is 23.4 Å². The molecular weight excluding hydrogens is 310 g/mol. The lowest BCUT2D eigenvalue weighted by molar-refractivity contribution is 0.0940. The highest BCUT2D eigenvalue weighted by Gasteiger charge is 2.25. The minimum atomic E-state index is -0.605. The number of benzene rings is 1. The molecule has 0 spiro atoms. The summed E-state index contributed by atoms with van der Waals surface area (Å²) in [7, 11) is 3.32. The van der Waals surface area contributed by atoms with Crippen LogP contribution in [0.4, 0.5) is 0 Å². The molecule has 0 aliphatic rings. The van der Waals surface area contributed by atoms with Crippen LogP contribution in [0.15, 0.2) is 41.2 Å². The number of nitrogens with zero attached hydrogens (tertiary/aromatic N) is 4. The Bertz CT molecular complexity index is 855. The van der Waals surface area contributed by atoms with Gasteiger partial charge >= 0.3 is 0 Å². The molecule has 1 N–H and O–H groups in total. The van der Waals surface area contributed by atoms with Crippen LogP contribution in [0.25, 0.3) is 0 Å². The van der Waals surface area contributed by atoms with E-state index in [2.05, 4.69) is 20.6 Å². The molecule has 8 nitrogen and oxygen atoms in total. The molecule has 0 radical (unpaired) electrons. The number of para-hydroxylation sites is 1. The molecular formula is C16H17N5O3. The van der Waals surface area contributed by atoms with Gasteiger partial charge in [0.15, 0.2) is 5.82 Å². The van der Waals surface area contributed by atoms with Crippen molar-refractivity contribution in [2.24, 2.45) is 7.05 Å². The van der Waals surface area contributed by atoms with Crippen LogP contribution in [-0.4, -0.2) is 32.9 Å². The highest BCUT2D eigenvalue weighted by atomic mass is 16.5. The Labute approximate surface area is 138 Å². The van der Waals surface area contributed by atoms with Crippen LogP contribution in [0.2, 0.25) is 0 Å². The van der Waals surface area contributed by atoms with E-state index in [1.54, 1.807) is 32.0 Å². The fraction of sp³-hybridized carbons (Fsp3) is 0.250. The third-order valence-corrected chi connectivity index (χ3v) is 3.49. The van der Waals surface area contributed by atoms with Crippen LogP contribution in [0, 0.1) is 6.92 Å². The van der Waals surface area contributed by atoms with Crippen molar-refractivity contribution in [1.29, 1.82) is 0 Å². The molecule has 1 aromatic carbocycles. The predicted molar refractivity (Wildman–Crippen MR) is 84.5 cm³/mol. The van der Waals surface area contributed by atoms with Crippen molar-refractivity contribution in [2.75, 3.05) is 7.11 Å². The first-order chi connectivity index (χ1) is 11.6. The summed E-state index contributed by atoms with van der Waals surface area (Å²) in [6.45, 7) is 1.69. The van der Waals surface area contributed by atoms with Gasteiger partial charge in [0.1, 0.15) is 11.8 Å². The molecule has 0 saturated carbocycles. The highest BCUT2D eigenvalue weighted by Crippen LogP contribution is 2.28. The van der Waals surface area contributed by atoms with E-state index in [1.165, 1.54) is 6.20 Å². The maximum atomic E-state index is 12.5. The summed E-state index contributed by atoms with van der Waals surface area (Å²) in [5.74, 6) is 1.10. The van der Waals surface area contributed by atoms with Gasteiger partial charge < -0.3 is 14.6 Å². The number of carbonyl (C=O) groups is 1. The van der Waals surface area contributed by atoms with Crippen LogP contribution in [0.5, 0.6) is 5.75 Å². The molecule has 124 valence electrons. The van der Waals surface area contributed by atoms with Crippen molar-refractivity contribution in [2.45, 2.75) is 13.0 Å². The molecule has 1 atom stereocenters. The Morgan fingerprint density at radius 1 is 1.38 bits per heavy atom. The Morgan fingerprint density at radius 2 is 2.17 bits per heavy atom. The Hall–Kier alpha value is -3.16. The molecule has 1 amide bonds. The number of rotatable bonds is 5. The molecule has 24 heavy (non-hydrogen) atoms. The van der Waals surface area contributed by atoms with Crippen molar-refractivity contribution in [1.82, 2.24) is 25.2 Å². The number of hydrogen-bond donors (Lipinski definition) is 1. The number of amides is 1. The van der Waals surface area contributed by atoms with Gasteiger partial charge in [-0.15, -0.1) is 0 Å². The van der Waals surface area contributed by atoms with Crippen LogP contribution >= 0.6 is 0 Å². The van der Waals surface area contributed by atoms with Gasteiger partial charge in [-0.05, 0) is 6.07 Å². The second kappa shape index (κ2) is 6.53. The SMILES string of the molecule is COc1ccccc1C(NC(=O)c1cnn(C)c1)c1noc(C)n1. The summed E-state index contributed by atoms with van der Waals surface area (Å²) >= 11 is 0. The summed E-state index contributed by atoms with van der Waals surface area (Å²) in [6, 6.07) is 6.76. The lowest BCUT2D eigenvalue weighted by Crippen LogP contribution is -2.30. The maximum Gasteiger partial charge on any atom is 0.255 e. The first-order valence-electron chi connectivity index (χ1n) is 7.31. The number of hydrogen-bond acceptors (Lipinski definition) is 6. The average molecular weight is 327 g/mol. The third-order valence-electron chi connectivity index (χ3n) is 3.49. The lowest BCUT2D eigenvalue weighted by atomic mass is 10.0. The molecule has 2 aromatic heterocycles. The Morgan fingerprint density at radius 3 is 2.79 bits per heavy atom. The van der Waals surface area contributed by atoms with E-state index in [0.29, 0.717) is 23.0 Å². The number of ether oxygens (including phenoxy) is 1.